The van der Waals surface area contributed by atoms with Gasteiger partial charge in [-0.25, -0.2) is 18.4 Å². The number of rotatable bonds is 7. The minimum absolute atomic E-state index is 0.282. The predicted octanol–water partition coefficient (Wildman–Crippen LogP) is 4.95. The van der Waals surface area contributed by atoms with Crippen LogP contribution in [0.1, 0.15) is 24.4 Å². The molecule has 166 valence electrons. The summed E-state index contributed by atoms with van der Waals surface area (Å²) in [5.41, 5.74) is 7.55. The van der Waals surface area contributed by atoms with E-state index in [1.165, 1.54) is 12.1 Å². The molecule has 2 N–H and O–H groups in total. The molecule has 4 rings (SSSR count). The molecule has 31 heavy (non-hydrogen) atoms. The summed E-state index contributed by atoms with van der Waals surface area (Å²) >= 11 is 0. The summed E-state index contributed by atoms with van der Waals surface area (Å²) in [5, 5.41) is 5.56. The van der Waals surface area contributed by atoms with Crippen LogP contribution in [0.5, 0.6) is 0 Å². The molecule has 1 aromatic carbocycles. The van der Waals surface area contributed by atoms with Crippen LogP contribution >= 0.6 is 0 Å². The number of hydrogen-bond acceptors (Lipinski definition) is 5. The van der Waals surface area contributed by atoms with E-state index in [4.69, 9.17) is 15.6 Å². The molecule has 0 amide bonds. The minimum Gasteiger partial charge on any atom is -0.397 e. The average Bonchev–Trinajstić information content (AvgIpc) is 3.31. The van der Waals surface area contributed by atoms with E-state index in [0.717, 1.165) is 30.3 Å². The number of fused-ring (bicyclic) bond motifs is 1. The summed E-state index contributed by atoms with van der Waals surface area (Å²) in [4.78, 5) is 6.50. The van der Waals surface area contributed by atoms with Gasteiger partial charge < -0.3 is 15.4 Å². The summed E-state index contributed by atoms with van der Waals surface area (Å²) in [5.74, 6) is -0.176. The molecule has 1 atom stereocenters. The van der Waals surface area contributed by atoms with Crippen molar-refractivity contribution in [1.29, 1.82) is 0 Å². The van der Waals surface area contributed by atoms with E-state index in [-0.39, 0.29) is 12.8 Å². The van der Waals surface area contributed by atoms with Crippen molar-refractivity contribution in [3.63, 3.8) is 0 Å². The van der Waals surface area contributed by atoms with Crippen LogP contribution in [0.4, 0.5) is 20.3 Å². The van der Waals surface area contributed by atoms with E-state index >= 15 is 0 Å². The first kappa shape index (κ1) is 21.7. The average molecular weight is 446 g/mol. The van der Waals surface area contributed by atoms with E-state index in [2.05, 4.69) is 24.6 Å². The molecule has 6 nitrogen and oxygen atoms in total. The molecular formula is C22H29F2N5OSi. The molecule has 3 aromatic rings. The Kier molecular flexibility index (Phi) is 5.98. The fourth-order valence-corrected chi connectivity index (χ4v) is 4.76. The molecule has 0 bridgehead atoms. The number of hydrogen-bond donors (Lipinski definition) is 1. The van der Waals surface area contributed by atoms with Crippen LogP contribution in [0, 0.1) is 11.6 Å². The molecule has 3 heterocycles. The third-order valence-electron chi connectivity index (χ3n) is 5.64. The van der Waals surface area contributed by atoms with Crippen LogP contribution in [-0.2, 0) is 11.5 Å². The van der Waals surface area contributed by atoms with E-state index in [1.54, 1.807) is 10.9 Å². The second-order valence-electron chi connectivity index (χ2n) is 9.33. The SMILES string of the molecule is C[Si](C)(C)CCOCn1nc(N2CCC[C@@H]2c2cc(F)ccc2F)c2cc(N)cnc21. The molecule has 1 aliphatic heterocycles. The molecule has 1 aliphatic rings. The maximum Gasteiger partial charge on any atom is 0.162 e. The van der Waals surface area contributed by atoms with Gasteiger partial charge in [-0.15, -0.1) is 0 Å². The molecule has 2 aromatic heterocycles. The van der Waals surface area contributed by atoms with Crippen LogP contribution in [0.25, 0.3) is 11.0 Å². The Morgan fingerprint density at radius 2 is 2.03 bits per heavy atom. The first-order chi connectivity index (χ1) is 14.7. The topological polar surface area (TPSA) is 69.2 Å². The maximum absolute atomic E-state index is 14.5. The van der Waals surface area contributed by atoms with Gasteiger partial charge in [0.25, 0.3) is 0 Å². The third kappa shape index (κ3) is 4.72. The number of anilines is 2. The Morgan fingerprint density at radius 3 is 2.81 bits per heavy atom. The highest BCUT2D eigenvalue weighted by molar-refractivity contribution is 6.76. The Morgan fingerprint density at radius 1 is 1.23 bits per heavy atom. The normalized spacial score (nSPS) is 17.1. The lowest BCUT2D eigenvalue weighted by Crippen LogP contribution is -2.24. The van der Waals surface area contributed by atoms with Crippen LogP contribution < -0.4 is 10.6 Å². The predicted molar refractivity (Wildman–Crippen MR) is 122 cm³/mol. The molecule has 0 spiro atoms. The number of benzene rings is 1. The standard InChI is InChI=1S/C22H29F2N5OSi/c1-31(2,3)10-9-30-14-29-21-18(12-16(25)13-26-21)22(27-29)28-8-4-5-20(28)17-11-15(23)6-7-19(17)24/h6-7,11-13,20H,4-5,8-10,14,25H2,1-3H3/t20-/m1/s1. The Hall–Kier alpha value is -2.52. The number of nitrogen functional groups attached to an aromatic ring is 1. The smallest absolute Gasteiger partial charge is 0.162 e. The molecule has 1 fully saturated rings. The van der Waals surface area contributed by atoms with Crippen molar-refractivity contribution in [2.45, 2.75) is 51.3 Å². The quantitative estimate of drug-likeness (QED) is 0.412. The van der Waals surface area contributed by atoms with Crippen LogP contribution in [0.15, 0.2) is 30.5 Å². The monoisotopic (exact) mass is 445 g/mol. The van der Waals surface area contributed by atoms with Gasteiger partial charge in [-0.2, -0.15) is 5.10 Å². The highest BCUT2D eigenvalue weighted by Gasteiger charge is 2.32. The first-order valence-electron chi connectivity index (χ1n) is 10.6. The molecule has 9 heteroatoms. The van der Waals surface area contributed by atoms with Crippen molar-refractivity contribution in [3.05, 3.63) is 47.7 Å². The van der Waals surface area contributed by atoms with Gasteiger partial charge in [0.15, 0.2) is 11.5 Å². The van der Waals surface area contributed by atoms with Crippen LogP contribution in [0.2, 0.25) is 25.7 Å². The first-order valence-corrected chi connectivity index (χ1v) is 14.3. The molecule has 1 saturated heterocycles. The summed E-state index contributed by atoms with van der Waals surface area (Å²) in [7, 11) is -1.19. The summed E-state index contributed by atoms with van der Waals surface area (Å²) < 4.78 is 36.0. The zero-order chi connectivity index (χ0) is 22.2. The van der Waals surface area contributed by atoms with Crippen LogP contribution in [-0.4, -0.2) is 36.0 Å². The van der Waals surface area contributed by atoms with Crippen molar-refractivity contribution in [2.24, 2.45) is 0 Å². The molecule has 0 unspecified atom stereocenters. The largest absolute Gasteiger partial charge is 0.397 e. The van der Waals surface area contributed by atoms with Gasteiger partial charge in [-0.05, 0) is 43.2 Å². The van der Waals surface area contributed by atoms with Gasteiger partial charge >= 0.3 is 0 Å². The second-order valence-corrected chi connectivity index (χ2v) is 14.9. The van der Waals surface area contributed by atoms with Gasteiger partial charge in [-0.3, -0.25) is 0 Å². The van der Waals surface area contributed by atoms with Crippen LogP contribution in [0.3, 0.4) is 0 Å². The zero-order valence-electron chi connectivity index (χ0n) is 18.2. The van der Waals surface area contributed by atoms with Crippen molar-refractivity contribution < 1.29 is 13.5 Å². The Labute approximate surface area is 182 Å². The highest BCUT2D eigenvalue weighted by Crippen LogP contribution is 2.39. The number of nitrogens with zero attached hydrogens (tertiary/aromatic N) is 4. The van der Waals surface area contributed by atoms with E-state index in [0.29, 0.717) is 35.9 Å². The van der Waals surface area contributed by atoms with Gasteiger partial charge in [0.05, 0.1) is 23.3 Å². The molecule has 0 radical (unpaired) electrons. The Bertz CT molecular complexity index is 1080. The van der Waals surface area contributed by atoms with Crippen molar-refractivity contribution in [2.75, 3.05) is 23.8 Å². The number of ether oxygens (including phenoxy) is 1. The van der Waals surface area contributed by atoms with E-state index in [1.807, 2.05) is 11.0 Å². The third-order valence-corrected chi connectivity index (χ3v) is 7.34. The lowest BCUT2D eigenvalue weighted by atomic mass is 10.0. The van der Waals surface area contributed by atoms with Gasteiger partial charge in [-0.1, -0.05) is 19.6 Å². The van der Waals surface area contributed by atoms with Gasteiger partial charge in [0.2, 0.25) is 0 Å². The number of halogens is 2. The maximum atomic E-state index is 14.5. The minimum atomic E-state index is -1.19. The van der Waals surface area contributed by atoms with E-state index < -0.39 is 19.7 Å². The van der Waals surface area contributed by atoms with Crippen molar-refractivity contribution in [3.8, 4) is 0 Å². The Balaban J connectivity index is 1.66. The van der Waals surface area contributed by atoms with Gasteiger partial charge in [0.1, 0.15) is 18.4 Å². The van der Waals surface area contributed by atoms with E-state index in [9.17, 15) is 8.78 Å². The fourth-order valence-electron chi connectivity index (χ4n) is 4.00. The number of aromatic nitrogens is 3. The van der Waals surface area contributed by atoms with Crippen molar-refractivity contribution >= 4 is 30.6 Å². The lowest BCUT2D eigenvalue weighted by Gasteiger charge is -2.25. The molecular weight excluding hydrogens is 416 g/mol. The highest BCUT2D eigenvalue weighted by atomic mass is 28.3. The van der Waals surface area contributed by atoms with Gasteiger partial charge in [0, 0.05) is 26.8 Å². The molecule has 0 saturated carbocycles. The summed E-state index contributed by atoms with van der Waals surface area (Å²) in [6.45, 7) is 8.56. The number of pyridine rings is 1. The number of nitrogens with two attached hydrogens (primary N) is 1. The second kappa shape index (κ2) is 8.55. The summed E-state index contributed by atoms with van der Waals surface area (Å²) in [6.07, 6.45) is 3.18. The summed E-state index contributed by atoms with van der Waals surface area (Å²) in [6, 6.07) is 6.21. The fraction of sp³-hybridized carbons (Fsp3) is 0.455. The van der Waals surface area contributed by atoms with Crippen molar-refractivity contribution in [1.82, 2.24) is 14.8 Å². The zero-order valence-corrected chi connectivity index (χ0v) is 19.2. The molecule has 0 aliphatic carbocycles. The lowest BCUT2D eigenvalue weighted by molar-refractivity contribution is 0.0814.